The molecule has 5 aromatic rings. The van der Waals surface area contributed by atoms with Crippen molar-refractivity contribution in [3.05, 3.63) is 100 Å². The fourth-order valence-corrected chi connectivity index (χ4v) is 5.45. The van der Waals surface area contributed by atoms with Gasteiger partial charge in [-0.25, -0.2) is 4.68 Å². The van der Waals surface area contributed by atoms with E-state index in [0.29, 0.717) is 28.8 Å². The summed E-state index contributed by atoms with van der Waals surface area (Å²) in [6.07, 6.45) is 0. The van der Waals surface area contributed by atoms with Crippen molar-refractivity contribution >= 4 is 39.7 Å². The lowest BCUT2D eigenvalue weighted by molar-refractivity contribution is -0.113. The first-order chi connectivity index (χ1) is 17.6. The van der Waals surface area contributed by atoms with Gasteiger partial charge in [-0.05, 0) is 41.3 Å². The standard InChI is InChI=1S/C28H23N5O2S/c1-17-24(27(34)30-21-13-5-6-14-22(21)35-2)25(23-15-8-16-36-23)33-28(29-17)31-26(32-33)20-12-7-10-18-9-3-4-11-19(18)20/h3-16,25H,1-2H3,(H,30,34)(H,29,31,32). The second-order valence-electron chi connectivity index (χ2n) is 8.47. The van der Waals surface area contributed by atoms with E-state index in [9.17, 15) is 4.79 Å². The van der Waals surface area contributed by atoms with Crippen LogP contribution in [0, 0.1) is 0 Å². The first-order valence-corrected chi connectivity index (χ1v) is 12.4. The fraction of sp³-hybridized carbons (Fsp3) is 0.107. The first-order valence-electron chi connectivity index (χ1n) is 11.5. The van der Waals surface area contributed by atoms with E-state index >= 15 is 0 Å². The monoisotopic (exact) mass is 493 g/mol. The smallest absolute Gasteiger partial charge is 0.256 e. The van der Waals surface area contributed by atoms with E-state index in [-0.39, 0.29) is 5.91 Å². The molecule has 0 bridgehead atoms. The van der Waals surface area contributed by atoms with E-state index in [1.165, 1.54) is 0 Å². The van der Waals surface area contributed by atoms with Crippen molar-refractivity contribution in [3.63, 3.8) is 0 Å². The van der Waals surface area contributed by atoms with Crippen molar-refractivity contribution in [1.82, 2.24) is 14.8 Å². The van der Waals surface area contributed by atoms with Crippen molar-refractivity contribution < 1.29 is 9.53 Å². The first kappa shape index (κ1) is 22.1. The van der Waals surface area contributed by atoms with Gasteiger partial charge >= 0.3 is 0 Å². The number of nitrogens with zero attached hydrogens (tertiary/aromatic N) is 3. The number of para-hydroxylation sites is 2. The Bertz CT molecular complexity index is 1620. The van der Waals surface area contributed by atoms with Gasteiger partial charge in [-0.15, -0.1) is 16.4 Å². The van der Waals surface area contributed by atoms with Gasteiger partial charge < -0.3 is 15.4 Å². The summed E-state index contributed by atoms with van der Waals surface area (Å²) in [4.78, 5) is 19.5. The van der Waals surface area contributed by atoms with Gasteiger partial charge in [-0.3, -0.25) is 4.79 Å². The SMILES string of the molecule is COc1ccccc1NC(=O)C1=C(C)Nc2nc(-c3cccc4ccccc34)nn2C1c1cccs1. The number of thiophene rings is 1. The molecule has 6 rings (SSSR count). The molecular formula is C28H23N5O2S. The summed E-state index contributed by atoms with van der Waals surface area (Å²) < 4.78 is 7.24. The van der Waals surface area contributed by atoms with E-state index in [4.69, 9.17) is 14.8 Å². The molecule has 2 N–H and O–H groups in total. The normalized spacial score (nSPS) is 14.9. The number of rotatable bonds is 5. The van der Waals surface area contributed by atoms with Crippen LogP contribution in [0.5, 0.6) is 5.75 Å². The Morgan fingerprint density at radius 1 is 1.03 bits per heavy atom. The van der Waals surface area contributed by atoms with Crippen LogP contribution in [0.3, 0.4) is 0 Å². The highest BCUT2D eigenvalue weighted by Gasteiger charge is 2.35. The average Bonchev–Trinajstić information content (AvgIpc) is 3.58. The van der Waals surface area contributed by atoms with Crippen LogP contribution in [-0.2, 0) is 4.79 Å². The molecule has 0 aliphatic carbocycles. The number of hydrogen-bond acceptors (Lipinski definition) is 6. The lowest BCUT2D eigenvalue weighted by Crippen LogP contribution is -2.31. The number of allylic oxidation sites excluding steroid dienone is 1. The molecule has 1 atom stereocenters. The zero-order chi connectivity index (χ0) is 24.6. The second-order valence-corrected chi connectivity index (χ2v) is 9.45. The fourth-order valence-electron chi connectivity index (χ4n) is 4.63. The number of ether oxygens (including phenoxy) is 1. The molecule has 0 radical (unpaired) electrons. The van der Waals surface area contributed by atoms with Crippen LogP contribution >= 0.6 is 11.3 Å². The number of benzene rings is 3. The molecule has 1 amide bonds. The lowest BCUT2D eigenvalue weighted by Gasteiger charge is -2.27. The Morgan fingerprint density at radius 2 is 1.83 bits per heavy atom. The van der Waals surface area contributed by atoms with E-state index < -0.39 is 6.04 Å². The third-order valence-electron chi connectivity index (χ3n) is 6.30. The number of anilines is 2. The Hall–Kier alpha value is -4.43. The molecule has 178 valence electrons. The summed E-state index contributed by atoms with van der Waals surface area (Å²) in [7, 11) is 1.59. The van der Waals surface area contributed by atoms with E-state index in [2.05, 4.69) is 28.8 Å². The predicted molar refractivity (Wildman–Crippen MR) is 143 cm³/mol. The van der Waals surface area contributed by atoms with Crippen molar-refractivity contribution in [2.24, 2.45) is 0 Å². The average molecular weight is 494 g/mol. The number of carbonyl (C=O) groups is 1. The molecule has 2 aromatic heterocycles. The summed E-state index contributed by atoms with van der Waals surface area (Å²) >= 11 is 1.58. The number of methoxy groups -OCH3 is 1. The lowest BCUT2D eigenvalue weighted by atomic mass is 10.0. The third-order valence-corrected chi connectivity index (χ3v) is 7.22. The van der Waals surface area contributed by atoms with Gasteiger partial charge in [0.15, 0.2) is 5.82 Å². The number of amides is 1. The van der Waals surface area contributed by atoms with Crippen LogP contribution in [0.25, 0.3) is 22.2 Å². The summed E-state index contributed by atoms with van der Waals surface area (Å²) in [5, 5.41) is 15.5. The molecule has 0 saturated carbocycles. The zero-order valence-corrected chi connectivity index (χ0v) is 20.5. The summed E-state index contributed by atoms with van der Waals surface area (Å²) in [5.74, 6) is 1.58. The van der Waals surface area contributed by atoms with E-state index in [1.54, 1.807) is 18.4 Å². The minimum absolute atomic E-state index is 0.226. The highest BCUT2D eigenvalue weighted by Crippen LogP contribution is 2.39. The minimum atomic E-state index is -0.424. The minimum Gasteiger partial charge on any atom is -0.495 e. The van der Waals surface area contributed by atoms with Gasteiger partial charge in [0.25, 0.3) is 5.91 Å². The summed E-state index contributed by atoms with van der Waals surface area (Å²) in [6.45, 7) is 1.90. The summed E-state index contributed by atoms with van der Waals surface area (Å²) in [5.41, 5.74) is 2.85. The van der Waals surface area contributed by atoms with Crippen LogP contribution in [-0.4, -0.2) is 27.8 Å². The quantitative estimate of drug-likeness (QED) is 0.309. The Kier molecular flexibility index (Phi) is 5.50. The van der Waals surface area contributed by atoms with Crippen LogP contribution in [0.1, 0.15) is 17.8 Å². The van der Waals surface area contributed by atoms with Crippen molar-refractivity contribution in [3.8, 4) is 17.1 Å². The van der Waals surface area contributed by atoms with Gasteiger partial charge in [0, 0.05) is 16.1 Å². The van der Waals surface area contributed by atoms with Crippen LogP contribution in [0.2, 0.25) is 0 Å². The molecule has 8 heteroatoms. The maximum atomic E-state index is 13.7. The molecule has 0 fully saturated rings. The van der Waals surface area contributed by atoms with Crippen molar-refractivity contribution in [2.75, 3.05) is 17.7 Å². The van der Waals surface area contributed by atoms with Gasteiger partial charge in [-0.2, -0.15) is 4.98 Å². The molecule has 0 spiro atoms. The highest BCUT2D eigenvalue weighted by molar-refractivity contribution is 7.10. The Morgan fingerprint density at radius 3 is 2.67 bits per heavy atom. The molecule has 0 saturated heterocycles. The molecule has 7 nitrogen and oxygen atoms in total. The van der Waals surface area contributed by atoms with Crippen LogP contribution in [0.15, 0.2) is 95.5 Å². The predicted octanol–water partition coefficient (Wildman–Crippen LogP) is 6.10. The van der Waals surface area contributed by atoms with Crippen LogP contribution in [0.4, 0.5) is 11.6 Å². The zero-order valence-electron chi connectivity index (χ0n) is 19.7. The number of fused-ring (bicyclic) bond motifs is 2. The maximum Gasteiger partial charge on any atom is 0.256 e. The summed E-state index contributed by atoms with van der Waals surface area (Å²) in [6, 6.07) is 25.2. The maximum absolute atomic E-state index is 13.7. The Labute approximate surface area is 212 Å². The van der Waals surface area contributed by atoms with Crippen molar-refractivity contribution in [1.29, 1.82) is 0 Å². The van der Waals surface area contributed by atoms with E-state index in [0.717, 1.165) is 26.9 Å². The number of carbonyl (C=O) groups excluding carboxylic acids is 1. The van der Waals surface area contributed by atoms with Gasteiger partial charge in [0.2, 0.25) is 5.95 Å². The van der Waals surface area contributed by atoms with Gasteiger partial charge in [0.05, 0.1) is 18.4 Å². The number of nitrogens with one attached hydrogen (secondary N) is 2. The largest absolute Gasteiger partial charge is 0.495 e. The number of hydrogen-bond donors (Lipinski definition) is 2. The number of aromatic nitrogens is 3. The molecule has 1 unspecified atom stereocenters. The topological polar surface area (TPSA) is 81.1 Å². The van der Waals surface area contributed by atoms with Gasteiger partial charge in [0.1, 0.15) is 11.8 Å². The van der Waals surface area contributed by atoms with Crippen LogP contribution < -0.4 is 15.4 Å². The van der Waals surface area contributed by atoms with Gasteiger partial charge in [-0.1, -0.05) is 60.7 Å². The molecule has 3 heterocycles. The van der Waals surface area contributed by atoms with Crippen molar-refractivity contribution in [2.45, 2.75) is 13.0 Å². The third kappa shape index (κ3) is 3.72. The molecule has 1 aliphatic rings. The second kappa shape index (κ2) is 8.98. The molecule has 3 aromatic carbocycles. The highest BCUT2D eigenvalue weighted by atomic mass is 32.1. The molecule has 36 heavy (non-hydrogen) atoms. The molecular weight excluding hydrogens is 470 g/mol. The Balaban J connectivity index is 1.45. The molecule has 1 aliphatic heterocycles. The van der Waals surface area contributed by atoms with E-state index in [1.807, 2.05) is 77.6 Å².